The molecule has 0 amide bonds. The van der Waals surface area contributed by atoms with Crippen LogP contribution in [-0.2, 0) is 4.74 Å². The molecule has 0 radical (unpaired) electrons. The molecule has 21 heavy (non-hydrogen) atoms. The number of ether oxygens (including phenoxy) is 1. The van der Waals surface area contributed by atoms with Crippen molar-refractivity contribution in [2.45, 2.75) is 38.0 Å². The first-order chi connectivity index (χ1) is 9.90. The standard InChI is InChI=1S/C14H22N4O3/c1-9(14(2,20)6-10(7-19)21-3)18-5-4-11-12(15)16-8-17-13(11)18/h4-5,8-10,19-20H,6-7H2,1-3H3,(H2,15,16,17)/t9-,10+,14+/m1/s1. The van der Waals surface area contributed by atoms with Crippen molar-refractivity contribution in [2.75, 3.05) is 19.5 Å². The van der Waals surface area contributed by atoms with E-state index in [4.69, 9.17) is 10.5 Å². The van der Waals surface area contributed by atoms with Crippen molar-refractivity contribution in [1.82, 2.24) is 14.5 Å². The third-order valence-corrected chi connectivity index (χ3v) is 4.04. The molecule has 0 fully saturated rings. The smallest absolute Gasteiger partial charge is 0.145 e. The van der Waals surface area contributed by atoms with Gasteiger partial charge in [0.25, 0.3) is 0 Å². The number of nitrogens with two attached hydrogens (primary N) is 1. The second kappa shape index (κ2) is 5.97. The molecule has 0 unspecified atom stereocenters. The number of hydrogen-bond acceptors (Lipinski definition) is 6. The van der Waals surface area contributed by atoms with Crippen LogP contribution in [0.1, 0.15) is 26.3 Å². The van der Waals surface area contributed by atoms with Gasteiger partial charge in [0.1, 0.15) is 17.8 Å². The van der Waals surface area contributed by atoms with Gasteiger partial charge in [0, 0.05) is 19.7 Å². The molecule has 0 aliphatic heterocycles. The number of aliphatic hydroxyl groups is 2. The lowest BCUT2D eigenvalue weighted by molar-refractivity contribution is -0.0558. The van der Waals surface area contributed by atoms with E-state index in [2.05, 4.69) is 9.97 Å². The Labute approximate surface area is 123 Å². The minimum Gasteiger partial charge on any atom is -0.394 e. The highest BCUT2D eigenvalue weighted by Crippen LogP contribution is 2.31. The third-order valence-electron chi connectivity index (χ3n) is 4.04. The number of anilines is 1. The Bertz CT molecular complexity index is 607. The second-order valence-electron chi connectivity index (χ2n) is 5.50. The van der Waals surface area contributed by atoms with Crippen LogP contribution in [0.4, 0.5) is 5.82 Å². The minimum atomic E-state index is -1.07. The zero-order chi connectivity index (χ0) is 15.6. The summed E-state index contributed by atoms with van der Waals surface area (Å²) >= 11 is 0. The summed E-state index contributed by atoms with van der Waals surface area (Å²) in [6.45, 7) is 3.47. The normalized spacial score (nSPS) is 17.6. The second-order valence-corrected chi connectivity index (χ2v) is 5.50. The Morgan fingerprint density at radius 2 is 2.19 bits per heavy atom. The van der Waals surface area contributed by atoms with Gasteiger partial charge >= 0.3 is 0 Å². The summed E-state index contributed by atoms with van der Waals surface area (Å²) < 4.78 is 7.00. The summed E-state index contributed by atoms with van der Waals surface area (Å²) in [4.78, 5) is 8.19. The van der Waals surface area contributed by atoms with Gasteiger partial charge < -0.3 is 25.3 Å². The molecule has 0 aliphatic rings. The number of methoxy groups -OCH3 is 1. The van der Waals surface area contributed by atoms with E-state index in [9.17, 15) is 10.2 Å². The highest BCUT2D eigenvalue weighted by Gasteiger charge is 2.33. The molecule has 0 aliphatic carbocycles. The molecule has 0 saturated carbocycles. The van der Waals surface area contributed by atoms with E-state index in [0.29, 0.717) is 17.9 Å². The lowest BCUT2D eigenvalue weighted by Crippen LogP contribution is -2.39. The monoisotopic (exact) mass is 294 g/mol. The molecule has 0 spiro atoms. The van der Waals surface area contributed by atoms with Crippen LogP contribution in [0.15, 0.2) is 18.6 Å². The molecule has 2 aromatic rings. The van der Waals surface area contributed by atoms with Crippen molar-refractivity contribution in [3.8, 4) is 0 Å². The molecule has 4 N–H and O–H groups in total. The topological polar surface area (TPSA) is 106 Å². The molecule has 116 valence electrons. The fraction of sp³-hybridized carbons (Fsp3) is 0.571. The van der Waals surface area contributed by atoms with E-state index in [0.717, 1.165) is 5.39 Å². The highest BCUT2D eigenvalue weighted by molar-refractivity contribution is 5.86. The molecule has 7 nitrogen and oxygen atoms in total. The lowest BCUT2D eigenvalue weighted by Gasteiger charge is -2.34. The van der Waals surface area contributed by atoms with E-state index < -0.39 is 11.7 Å². The molecule has 2 rings (SSSR count). The van der Waals surface area contributed by atoms with Gasteiger partial charge in [0.2, 0.25) is 0 Å². The van der Waals surface area contributed by atoms with Crippen LogP contribution in [0.3, 0.4) is 0 Å². The first-order valence-electron chi connectivity index (χ1n) is 6.83. The van der Waals surface area contributed by atoms with Crippen LogP contribution in [0, 0.1) is 0 Å². The number of fused-ring (bicyclic) bond motifs is 1. The summed E-state index contributed by atoms with van der Waals surface area (Å²) in [6.07, 6.45) is 3.13. The fourth-order valence-corrected chi connectivity index (χ4v) is 2.46. The zero-order valence-corrected chi connectivity index (χ0v) is 12.5. The maximum absolute atomic E-state index is 10.7. The maximum Gasteiger partial charge on any atom is 0.145 e. The Kier molecular flexibility index (Phi) is 4.46. The van der Waals surface area contributed by atoms with Crippen molar-refractivity contribution in [3.63, 3.8) is 0 Å². The maximum atomic E-state index is 10.7. The quantitative estimate of drug-likeness (QED) is 0.725. The molecule has 0 bridgehead atoms. The number of aliphatic hydroxyl groups excluding tert-OH is 1. The van der Waals surface area contributed by atoms with E-state index in [1.807, 2.05) is 23.8 Å². The van der Waals surface area contributed by atoms with Crippen LogP contribution in [0.2, 0.25) is 0 Å². The molecular formula is C14H22N4O3. The number of nitrogens with zero attached hydrogens (tertiary/aromatic N) is 3. The summed E-state index contributed by atoms with van der Waals surface area (Å²) in [5, 5.41) is 20.7. The molecule has 3 atom stereocenters. The zero-order valence-electron chi connectivity index (χ0n) is 12.5. The van der Waals surface area contributed by atoms with Crippen LogP contribution in [-0.4, -0.2) is 50.2 Å². The van der Waals surface area contributed by atoms with Crippen molar-refractivity contribution in [2.24, 2.45) is 0 Å². The molecule has 2 heterocycles. The van der Waals surface area contributed by atoms with Crippen molar-refractivity contribution < 1.29 is 14.9 Å². The Balaban J connectivity index is 2.32. The predicted molar refractivity (Wildman–Crippen MR) is 79.8 cm³/mol. The number of rotatable bonds is 6. The first-order valence-corrected chi connectivity index (χ1v) is 6.83. The van der Waals surface area contributed by atoms with Gasteiger partial charge in [-0.05, 0) is 19.9 Å². The van der Waals surface area contributed by atoms with E-state index in [1.54, 1.807) is 6.92 Å². The van der Waals surface area contributed by atoms with Gasteiger partial charge in [-0.2, -0.15) is 0 Å². The van der Waals surface area contributed by atoms with Crippen LogP contribution < -0.4 is 5.73 Å². The fourth-order valence-electron chi connectivity index (χ4n) is 2.46. The summed E-state index contributed by atoms with van der Waals surface area (Å²) in [6, 6.07) is 1.56. The molecule has 7 heteroatoms. The third kappa shape index (κ3) is 2.99. The number of aromatic nitrogens is 3. The van der Waals surface area contributed by atoms with Crippen molar-refractivity contribution in [3.05, 3.63) is 18.6 Å². The largest absolute Gasteiger partial charge is 0.394 e. The predicted octanol–water partition coefficient (Wildman–Crippen LogP) is 0.723. The van der Waals surface area contributed by atoms with Crippen molar-refractivity contribution >= 4 is 16.9 Å². The van der Waals surface area contributed by atoms with E-state index >= 15 is 0 Å². The van der Waals surface area contributed by atoms with Crippen LogP contribution in [0.25, 0.3) is 11.0 Å². The van der Waals surface area contributed by atoms with E-state index in [1.165, 1.54) is 13.4 Å². The van der Waals surface area contributed by atoms with Gasteiger partial charge in [-0.3, -0.25) is 0 Å². The van der Waals surface area contributed by atoms with Crippen LogP contribution >= 0.6 is 0 Å². The number of nitrogen functional groups attached to an aromatic ring is 1. The molecule has 0 aromatic carbocycles. The minimum absolute atomic E-state index is 0.138. The van der Waals surface area contributed by atoms with Crippen LogP contribution in [0.5, 0.6) is 0 Å². The molecular weight excluding hydrogens is 272 g/mol. The Morgan fingerprint density at radius 3 is 2.81 bits per heavy atom. The number of hydrogen-bond donors (Lipinski definition) is 3. The van der Waals surface area contributed by atoms with Gasteiger partial charge in [-0.25, -0.2) is 9.97 Å². The summed E-state index contributed by atoms with van der Waals surface area (Å²) in [7, 11) is 1.51. The lowest BCUT2D eigenvalue weighted by atomic mass is 9.91. The first kappa shape index (κ1) is 15.7. The van der Waals surface area contributed by atoms with Crippen molar-refractivity contribution in [1.29, 1.82) is 0 Å². The average molecular weight is 294 g/mol. The van der Waals surface area contributed by atoms with E-state index in [-0.39, 0.29) is 12.6 Å². The Hall–Kier alpha value is -1.70. The van der Waals surface area contributed by atoms with Gasteiger partial charge in [-0.1, -0.05) is 0 Å². The highest BCUT2D eigenvalue weighted by atomic mass is 16.5. The Morgan fingerprint density at radius 1 is 1.48 bits per heavy atom. The van der Waals surface area contributed by atoms with Gasteiger partial charge in [0.05, 0.1) is 29.7 Å². The molecule has 0 saturated heterocycles. The average Bonchev–Trinajstić information content (AvgIpc) is 2.89. The summed E-state index contributed by atoms with van der Waals surface area (Å²) in [5.74, 6) is 0.413. The summed E-state index contributed by atoms with van der Waals surface area (Å²) in [5.41, 5.74) is 5.42. The SMILES string of the molecule is CO[C@H](CO)C[C@](C)(O)[C@@H](C)n1ccc2c(N)ncnc21. The molecule has 2 aromatic heterocycles. The van der Waals surface area contributed by atoms with Gasteiger partial charge in [-0.15, -0.1) is 0 Å². The van der Waals surface area contributed by atoms with Gasteiger partial charge in [0.15, 0.2) is 0 Å².